The fourth-order valence-corrected chi connectivity index (χ4v) is 2.17. The summed E-state index contributed by atoms with van der Waals surface area (Å²) in [6.07, 6.45) is 2.46. The third-order valence-electron chi connectivity index (χ3n) is 2.54. The number of pyridine rings is 1. The minimum atomic E-state index is -1.11. The van der Waals surface area contributed by atoms with Gasteiger partial charge in [-0.3, -0.25) is 15.4 Å². The molecule has 2 aromatic rings. The maximum absolute atomic E-state index is 12.0. The van der Waals surface area contributed by atoms with Crippen molar-refractivity contribution in [1.29, 1.82) is 0 Å². The molecule has 2 heterocycles. The molecule has 0 aliphatic heterocycles. The highest BCUT2D eigenvalue weighted by atomic mass is 32.1. The van der Waals surface area contributed by atoms with Crippen molar-refractivity contribution in [1.82, 2.24) is 15.3 Å². The van der Waals surface area contributed by atoms with E-state index in [9.17, 15) is 14.4 Å². The van der Waals surface area contributed by atoms with Crippen LogP contribution in [0.1, 0.15) is 27.0 Å². The molecule has 23 heavy (non-hydrogen) atoms. The average Bonchev–Trinajstić information content (AvgIpc) is 2.97. The lowest BCUT2D eigenvalue weighted by Crippen LogP contribution is -2.28. The van der Waals surface area contributed by atoms with Crippen molar-refractivity contribution < 1.29 is 19.5 Å². The Bertz CT molecular complexity index is 728. The number of nitrogens with one attached hydrogen (secondary N) is 3. The molecular weight excluding hydrogens is 322 g/mol. The predicted molar refractivity (Wildman–Crippen MR) is 84.0 cm³/mol. The second-order valence-electron chi connectivity index (χ2n) is 4.21. The summed E-state index contributed by atoms with van der Waals surface area (Å²) in [4.78, 5) is 41.9. The van der Waals surface area contributed by atoms with E-state index < -0.39 is 11.9 Å². The van der Waals surface area contributed by atoms with E-state index >= 15 is 0 Å². The highest BCUT2D eigenvalue weighted by Gasteiger charge is 2.12. The number of hydrogen-bond donors (Lipinski definition) is 4. The fourth-order valence-electron chi connectivity index (χ4n) is 1.52. The molecule has 9 nitrogen and oxygen atoms in total. The zero-order valence-electron chi connectivity index (χ0n) is 12.0. The summed E-state index contributed by atoms with van der Waals surface area (Å²) in [5.74, 6) is -1.28. The van der Waals surface area contributed by atoms with Gasteiger partial charge in [-0.05, 0) is 19.1 Å². The standard InChI is InChI=1S/C13H13N5O4S/c1-2-14-12(22)17-9-4-3-7(5-15-9)10(19)18-13-16-6-8(23-13)11(20)21/h3-6H,2H2,1H3,(H,20,21)(H,16,18,19)(H2,14,15,17,22). The van der Waals surface area contributed by atoms with Gasteiger partial charge in [-0.1, -0.05) is 11.3 Å². The lowest BCUT2D eigenvalue weighted by Gasteiger charge is -2.06. The van der Waals surface area contributed by atoms with E-state index in [-0.39, 0.29) is 21.6 Å². The van der Waals surface area contributed by atoms with Crippen molar-refractivity contribution in [2.75, 3.05) is 17.2 Å². The van der Waals surface area contributed by atoms with Crippen LogP contribution in [0.5, 0.6) is 0 Å². The maximum atomic E-state index is 12.0. The molecule has 0 fully saturated rings. The molecule has 3 amide bonds. The van der Waals surface area contributed by atoms with Gasteiger partial charge in [0.2, 0.25) is 0 Å². The molecule has 0 saturated carbocycles. The second kappa shape index (κ2) is 7.31. The molecule has 2 rings (SSSR count). The minimum Gasteiger partial charge on any atom is -0.477 e. The Morgan fingerprint density at radius 3 is 2.52 bits per heavy atom. The lowest BCUT2D eigenvalue weighted by atomic mass is 10.2. The van der Waals surface area contributed by atoms with E-state index in [1.807, 2.05) is 0 Å². The van der Waals surface area contributed by atoms with Gasteiger partial charge in [-0.15, -0.1) is 0 Å². The molecule has 0 atom stereocenters. The van der Waals surface area contributed by atoms with Crippen molar-refractivity contribution in [3.8, 4) is 0 Å². The Labute approximate surface area is 134 Å². The van der Waals surface area contributed by atoms with Gasteiger partial charge >= 0.3 is 12.0 Å². The van der Waals surface area contributed by atoms with Crippen LogP contribution in [-0.2, 0) is 0 Å². The normalized spacial score (nSPS) is 9.96. The molecule has 0 aliphatic rings. The molecule has 0 unspecified atom stereocenters. The number of amides is 3. The number of aromatic nitrogens is 2. The lowest BCUT2D eigenvalue weighted by molar-refractivity contribution is 0.0701. The van der Waals surface area contributed by atoms with Gasteiger partial charge in [0.05, 0.1) is 11.8 Å². The maximum Gasteiger partial charge on any atom is 0.347 e. The van der Waals surface area contributed by atoms with E-state index in [0.717, 1.165) is 11.3 Å². The number of carboxylic acids is 1. The predicted octanol–water partition coefficient (Wildman–Crippen LogP) is 1.63. The van der Waals surface area contributed by atoms with Gasteiger partial charge in [0, 0.05) is 12.7 Å². The number of carbonyl (C=O) groups excluding carboxylic acids is 2. The Morgan fingerprint density at radius 1 is 1.17 bits per heavy atom. The van der Waals surface area contributed by atoms with Gasteiger partial charge in [0.25, 0.3) is 5.91 Å². The molecule has 0 bridgehead atoms. The molecule has 10 heteroatoms. The highest BCUT2D eigenvalue weighted by molar-refractivity contribution is 7.17. The summed E-state index contributed by atoms with van der Waals surface area (Å²) in [7, 11) is 0. The van der Waals surface area contributed by atoms with Gasteiger partial charge in [0.1, 0.15) is 10.7 Å². The van der Waals surface area contributed by atoms with Gasteiger partial charge in [-0.2, -0.15) is 0 Å². The topological polar surface area (TPSA) is 133 Å². The van der Waals surface area contributed by atoms with E-state index in [0.29, 0.717) is 12.4 Å². The molecular formula is C13H13N5O4S. The summed E-state index contributed by atoms with van der Waals surface area (Å²) in [6.45, 7) is 2.27. The number of anilines is 2. The van der Waals surface area contributed by atoms with Crippen molar-refractivity contribution in [2.24, 2.45) is 0 Å². The first-order chi connectivity index (χ1) is 11.0. The number of carboxylic acid groups (broad SMARTS) is 1. The van der Waals surface area contributed by atoms with Crippen LogP contribution in [0.2, 0.25) is 0 Å². The van der Waals surface area contributed by atoms with Gasteiger partial charge in [-0.25, -0.2) is 19.6 Å². The molecule has 0 aliphatic carbocycles. The quantitative estimate of drug-likeness (QED) is 0.656. The van der Waals surface area contributed by atoms with E-state index in [4.69, 9.17) is 5.11 Å². The van der Waals surface area contributed by atoms with Crippen molar-refractivity contribution in [3.05, 3.63) is 35.0 Å². The van der Waals surface area contributed by atoms with Crippen molar-refractivity contribution in [2.45, 2.75) is 6.92 Å². The SMILES string of the molecule is CCNC(=O)Nc1ccc(C(=O)Nc2ncc(C(=O)O)s2)cn1. The number of urea groups is 1. The highest BCUT2D eigenvalue weighted by Crippen LogP contribution is 2.18. The summed E-state index contributed by atoms with van der Waals surface area (Å²) in [6, 6.07) is 2.57. The van der Waals surface area contributed by atoms with Gasteiger partial charge in [0.15, 0.2) is 5.13 Å². The Kier molecular flexibility index (Phi) is 5.20. The largest absolute Gasteiger partial charge is 0.477 e. The number of hydrogen-bond acceptors (Lipinski definition) is 6. The summed E-state index contributed by atoms with van der Waals surface area (Å²) >= 11 is 0.853. The van der Waals surface area contributed by atoms with Crippen LogP contribution in [0.4, 0.5) is 15.7 Å². The van der Waals surface area contributed by atoms with Crippen LogP contribution in [0.25, 0.3) is 0 Å². The number of carbonyl (C=O) groups is 3. The van der Waals surface area contributed by atoms with Crippen LogP contribution in [-0.4, -0.2) is 39.5 Å². The van der Waals surface area contributed by atoms with E-state index in [1.54, 1.807) is 6.92 Å². The molecule has 2 aromatic heterocycles. The van der Waals surface area contributed by atoms with E-state index in [1.165, 1.54) is 24.5 Å². The third-order valence-corrected chi connectivity index (χ3v) is 3.44. The van der Waals surface area contributed by atoms with E-state index in [2.05, 4.69) is 25.9 Å². The minimum absolute atomic E-state index is 0.0277. The first-order valence-electron chi connectivity index (χ1n) is 6.51. The molecule has 0 spiro atoms. The van der Waals surface area contributed by atoms with Crippen LogP contribution < -0.4 is 16.0 Å². The zero-order valence-corrected chi connectivity index (χ0v) is 12.8. The summed E-state index contributed by atoms with van der Waals surface area (Å²) in [5.41, 5.74) is 0.249. The van der Waals surface area contributed by atoms with Gasteiger partial charge < -0.3 is 10.4 Å². The van der Waals surface area contributed by atoms with Crippen LogP contribution in [0.15, 0.2) is 24.5 Å². The molecule has 4 N–H and O–H groups in total. The summed E-state index contributed by atoms with van der Waals surface area (Å²) < 4.78 is 0. The Morgan fingerprint density at radius 2 is 1.96 bits per heavy atom. The van der Waals surface area contributed by atoms with Crippen LogP contribution >= 0.6 is 11.3 Å². The Balaban J connectivity index is 1.99. The molecule has 0 saturated heterocycles. The molecule has 0 aromatic carbocycles. The summed E-state index contributed by atoms with van der Waals surface area (Å²) in [5, 5.41) is 16.5. The van der Waals surface area contributed by atoms with Crippen molar-refractivity contribution >= 4 is 40.2 Å². The number of nitrogens with zero attached hydrogens (tertiary/aromatic N) is 2. The first-order valence-corrected chi connectivity index (χ1v) is 7.32. The number of rotatable bonds is 5. The number of aromatic carboxylic acids is 1. The molecule has 0 radical (unpaired) electrons. The second-order valence-corrected chi connectivity index (χ2v) is 5.24. The fraction of sp³-hybridized carbons (Fsp3) is 0.154. The molecule has 120 valence electrons. The average molecular weight is 335 g/mol. The Hall–Kier alpha value is -3.01. The van der Waals surface area contributed by atoms with Crippen LogP contribution in [0.3, 0.4) is 0 Å². The number of thiazole rings is 1. The third kappa shape index (κ3) is 4.48. The first kappa shape index (κ1) is 16.4. The van der Waals surface area contributed by atoms with Crippen LogP contribution in [0, 0.1) is 0 Å². The smallest absolute Gasteiger partial charge is 0.347 e. The zero-order chi connectivity index (χ0) is 16.8. The monoisotopic (exact) mass is 335 g/mol. The van der Waals surface area contributed by atoms with Crippen molar-refractivity contribution in [3.63, 3.8) is 0 Å².